The lowest BCUT2D eigenvalue weighted by Crippen LogP contribution is -2.61. The molecule has 2 heterocycles. The quantitative estimate of drug-likeness (QED) is 0.322. The Kier molecular flexibility index (Phi) is 10.9. The third kappa shape index (κ3) is 7.60. The Morgan fingerprint density at radius 2 is 1.56 bits per heavy atom. The van der Waals surface area contributed by atoms with E-state index in [4.69, 9.17) is 25.1 Å². The minimum absolute atomic E-state index is 0.0850. The zero-order chi connectivity index (χ0) is 33.3. The van der Waals surface area contributed by atoms with Crippen LogP contribution in [0.5, 0.6) is 0 Å². The van der Waals surface area contributed by atoms with Crippen molar-refractivity contribution in [1.29, 1.82) is 0 Å². The molecule has 1 fully saturated rings. The Morgan fingerprint density at radius 3 is 2.00 bits per heavy atom. The van der Waals surface area contributed by atoms with Gasteiger partial charge in [0.25, 0.3) is 5.56 Å². The van der Waals surface area contributed by atoms with Crippen LogP contribution in [0, 0.1) is 12.3 Å². The first-order chi connectivity index (χ1) is 19.5. The number of terminal acetylenes is 1. The van der Waals surface area contributed by atoms with Crippen molar-refractivity contribution in [2.75, 3.05) is 6.61 Å². The number of alkyl carbamates (subject to hydrolysis) is 1. The highest BCUT2D eigenvalue weighted by atomic mass is 28.4. The molecule has 1 aliphatic heterocycles. The van der Waals surface area contributed by atoms with E-state index in [9.17, 15) is 24.3 Å². The molecule has 1 aromatic rings. The fourth-order valence-corrected chi connectivity index (χ4v) is 11.3. The standard InChI is InChI=1S/C30H49N3O9Si/c1-14-30(31-25(36)41-28(8,9)10)23(35)21(17-39-43(18(2)3,19(4)5)20(6)7)40-24(30)32-16-15-22(34)33(26(32)37)27(38)42-29(11,12)13/h1,15-16,18-21,23-24,35H,17H2,2-13H3,(H,31,36)/t21-,23-,24-,30-/m1/s1. The molecular weight excluding hydrogens is 574 g/mol. The largest absolute Gasteiger partial charge is 0.444 e. The van der Waals surface area contributed by atoms with Crippen molar-refractivity contribution in [2.24, 2.45) is 0 Å². The molecule has 242 valence electrons. The fraction of sp³-hybridized carbons (Fsp3) is 0.733. The molecule has 1 aromatic heterocycles. The molecule has 0 aliphatic carbocycles. The molecule has 2 rings (SSSR count). The second kappa shape index (κ2) is 13.0. The predicted molar refractivity (Wildman–Crippen MR) is 164 cm³/mol. The zero-order valence-corrected chi connectivity index (χ0v) is 28.5. The number of aliphatic hydroxyl groups is 1. The van der Waals surface area contributed by atoms with E-state index < -0.39 is 66.9 Å². The summed E-state index contributed by atoms with van der Waals surface area (Å²) in [4.78, 5) is 52.2. The molecule has 43 heavy (non-hydrogen) atoms. The highest BCUT2D eigenvalue weighted by Gasteiger charge is 2.59. The predicted octanol–water partition coefficient (Wildman–Crippen LogP) is 4.14. The lowest BCUT2D eigenvalue weighted by molar-refractivity contribution is -0.0476. The van der Waals surface area contributed by atoms with Crippen molar-refractivity contribution in [3.63, 3.8) is 0 Å². The summed E-state index contributed by atoms with van der Waals surface area (Å²) in [5.74, 6) is 2.42. The van der Waals surface area contributed by atoms with Crippen LogP contribution >= 0.6 is 0 Å². The number of aliphatic hydroxyl groups excluding tert-OH is 1. The van der Waals surface area contributed by atoms with Crippen molar-refractivity contribution in [3.05, 3.63) is 33.1 Å². The van der Waals surface area contributed by atoms with Crippen molar-refractivity contribution < 1.29 is 33.3 Å². The highest BCUT2D eigenvalue weighted by Crippen LogP contribution is 2.44. The molecule has 1 saturated heterocycles. The zero-order valence-electron chi connectivity index (χ0n) is 27.5. The van der Waals surface area contributed by atoms with Crippen molar-refractivity contribution in [3.8, 4) is 12.3 Å². The van der Waals surface area contributed by atoms with E-state index in [0.717, 1.165) is 16.8 Å². The van der Waals surface area contributed by atoms with Gasteiger partial charge in [0.1, 0.15) is 23.4 Å². The monoisotopic (exact) mass is 623 g/mol. The summed E-state index contributed by atoms with van der Waals surface area (Å²) < 4.78 is 24.7. The summed E-state index contributed by atoms with van der Waals surface area (Å²) in [6, 6.07) is 0.966. The number of nitrogens with zero attached hydrogens (tertiary/aromatic N) is 2. The third-order valence-corrected chi connectivity index (χ3v) is 13.6. The van der Waals surface area contributed by atoms with Gasteiger partial charge in [-0.2, -0.15) is 4.57 Å². The molecule has 0 saturated carbocycles. The number of nitrogens with one attached hydrogen (secondary N) is 1. The van der Waals surface area contributed by atoms with Crippen LogP contribution in [-0.4, -0.2) is 70.3 Å². The molecule has 0 unspecified atom stereocenters. The van der Waals surface area contributed by atoms with E-state index >= 15 is 0 Å². The molecule has 12 nitrogen and oxygen atoms in total. The fourth-order valence-electron chi connectivity index (χ4n) is 5.88. The van der Waals surface area contributed by atoms with E-state index in [2.05, 4.69) is 52.8 Å². The average molecular weight is 624 g/mol. The van der Waals surface area contributed by atoms with Gasteiger partial charge < -0.3 is 23.7 Å². The van der Waals surface area contributed by atoms with Crippen LogP contribution < -0.4 is 16.6 Å². The second-order valence-electron chi connectivity index (χ2n) is 13.9. The van der Waals surface area contributed by atoms with Crippen molar-refractivity contribution >= 4 is 20.5 Å². The number of rotatable bonds is 8. The summed E-state index contributed by atoms with van der Waals surface area (Å²) in [5, 5.41) is 14.2. The van der Waals surface area contributed by atoms with Crippen LogP contribution in [0.25, 0.3) is 0 Å². The summed E-state index contributed by atoms with van der Waals surface area (Å²) in [7, 11) is -2.44. The van der Waals surface area contributed by atoms with Gasteiger partial charge in [-0.1, -0.05) is 47.5 Å². The van der Waals surface area contributed by atoms with Gasteiger partial charge in [0.05, 0.1) is 6.61 Å². The molecule has 0 radical (unpaired) electrons. The van der Waals surface area contributed by atoms with Gasteiger partial charge in [0, 0.05) is 12.3 Å². The van der Waals surface area contributed by atoms with Crippen molar-refractivity contribution in [1.82, 2.24) is 14.5 Å². The van der Waals surface area contributed by atoms with Crippen LogP contribution in [0.1, 0.15) is 89.3 Å². The number of ether oxygens (including phenoxy) is 3. The third-order valence-electron chi connectivity index (χ3n) is 7.50. The summed E-state index contributed by atoms with van der Waals surface area (Å²) in [6.45, 7) is 22.3. The Morgan fingerprint density at radius 1 is 1.05 bits per heavy atom. The topological polar surface area (TPSA) is 147 Å². The first kappa shape index (κ1) is 36.3. The van der Waals surface area contributed by atoms with Crippen LogP contribution in [0.2, 0.25) is 16.6 Å². The minimum Gasteiger partial charge on any atom is -0.444 e. The molecule has 0 aromatic carbocycles. The number of aromatic nitrogens is 2. The Labute approximate surface area is 255 Å². The van der Waals surface area contributed by atoms with E-state index in [1.165, 1.54) is 0 Å². The lowest BCUT2D eigenvalue weighted by Gasteiger charge is -2.42. The maximum atomic E-state index is 13.6. The lowest BCUT2D eigenvalue weighted by atomic mass is 9.90. The number of amides is 1. The molecule has 1 aliphatic rings. The Balaban J connectivity index is 2.70. The Hall–Kier alpha value is -2.92. The van der Waals surface area contributed by atoms with E-state index in [-0.39, 0.29) is 23.2 Å². The number of carbonyl (C=O) groups excluding carboxylic acids is 2. The van der Waals surface area contributed by atoms with Crippen LogP contribution in [0.4, 0.5) is 9.59 Å². The second-order valence-corrected chi connectivity index (χ2v) is 19.4. The van der Waals surface area contributed by atoms with E-state index in [1.807, 2.05) is 0 Å². The molecule has 0 bridgehead atoms. The molecule has 13 heteroatoms. The van der Waals surface area contributed by atoms with Crippen LogP contribution in [0.3, 0.4) is 0 Å². The first-order valence-corrected chi connectivity index (χ1v) is 16.7. The molecule has 1 amide bonds. The molecule has 0 spiro atoms. The Bertz CT molecular complexity index is 1310. The molecule has 4 atom stereocenters. The number of hydrogen-bond donors (Lipinski definition) is 2. The van der Waals surface area contributed by atoms with Gasteiger partial charge in [-0.15, -0.1) is 6.42 Å². The van der Waals surface area contributed by atoms with Gasteiger partial charge in [-0.25, -0.2) is 14.4 Å². The first-order valence-electron chi connectivity index (χ1n) is 14.6. The van der Waals surface area contributed by atoms with Gasteiger partial charge >= 0.3 is 17.9 Å². The number of carbonyl (C=O) groups is 2. The van der Waals surface area contributed by atoms with E-state index in [0.29, 0.717) is 4.57 Å². The average Bonchev–Trinajstić information content (AvgIpc) is 3.08. The maximum Gasteiger partial charge on any atom is 0.425 e. The summed E-state index contributed by atoms with van der Waals surface area (Å²) in [5.41, 5.74) is -5.40. The highest BCUT2D eigenvalue weighted by molar-refractivity contribution is 6.77. The van der Waals surface area contributed by atoms with Gasteiger partial charge in [0.2, 0.25) is 0 Å². The normalized spacial score (nSPS) is 23.0. The van der Waals surface area contributed by atoms with Gasteiger partial charge in [-0.3, -0.25) is 14.7 Å². The van der Waals surface area contributed by atoms with Crippen LogP contribution in [-0.2, 0) is 18.6 Å². The summed E-state index contributed by atoms with van der Waals surface area (Å²) in [6.07, 6.45) is 0.643. The molecule has 2 N–H and O–H groups in total. The van der Waals surface area contributed by atoms with Gasteiger partial charge in [-0.05, 0) is 58.2 Å². The SMILES string of the molecule is C#C[C@@]1(NC(=O)OC(C)(C)C)[C@H](O)[C@@H](CO[Si](C(C)C)(C(C)C)C(C)C)O[C@H]1n1ccc(=O)n(C(=O)OC(C)(C)C)c1=O. The summed E-state index contributed by atoms with van der Waals surface area (Å²) >= 11 is 0. The van der Waals surface area contributed by atoms with Gasteiger partial charge in [0.15, 0.2) is 20.1 Å². The van der Waals surface area contributed by atoms with E-state index in [1.54, 1.807) is 41.5 Å². The minimum atomic E-state index is -2.44. The smallest absolute Gasteiger partial charge is 0.425 e. The maximum absolute atomic E-state index is 13.6. The number of hydrogen-bond acceptors (Lipinski definition) is 9. The molecular formula is C30H49N3O9Si. The van der Waals surface area contributed by atoms with Crippen molar-refractivity contribution in [2.45, 2.75) is 135 Å². The van der Waals surface area contributed by atoms with Crippen LogP contribution in [0.15, 0.2) is 21.9 Å².